The molecule has 0 saturated carbocycles. The number of hydrogen-bond donors (Lipinski definition) is 3. The zero-order chi connectivity index (χ0) is 22.6. The lowest BCUT2D eigenvalue weighted by atomic mass is 10.1. The number of nitrogens with zero attached hydrogens (tertiary/aromatic N) is 2. The van der Waals surface area contributed by atoms with Gasteiger partial charge >= 0.3 is 0 Å². The van der Waals surface area contributed by atoms with E-state index >= 15 is 0 Å². The Labute approximate surface area is 186 Å². The normalized spacial score (nSPS) is 10.9. The number of rotatable bonds is 5. The number of benzene rings is 2. The van der Waals surface area contributed by atoms with Gasteiger partial charge in [0.2, 0.25) is 5.95 Å². The van der Waals surface area contributed by atoms with Crippen LogP contribution < -0.4 is 15.4 Å². The lowest BCUT2D eigenvalue weighted by Gasteiger charge is -2.11. The van der Waals surface area contributed by atoms with Crippen molar-refractivity contribution in [2.24, 2.45) is 0 Å². The third-order valence-corrected chi connectivity index (χ3v) is 5.72. The molecule has 2 aromatic carbocycles. The number of nitrogens with one attached hydrogen (secondary N) is 3. The highest BCUT2D eigenvalue weighted by Gasteiger charge is 2.16. The number of carbonyl (C=O) groups is 1. The maximum atomic E-state index is 12.6. The molecule has 160 valence electrons. The van der Waals surface area contributed by atoms with Crippen LogP contribution in [0.25, 0.3) is 0 Å². The van der Waals surface area contributed by atoms with Gasteiger partial charge in [0, 0.05) is 22.6 Å². The minimum absolute atomic E-state index is 0.0136. The summed E-state index contributed by atoms with van der Waals surface area (Å²) >= 11 is 5.17. The highest BCUT2D eigenvalue weighted by molar-refractivity contribution is 7.92. The third-order valence-electron chi connectivity index (χ3n) is 4.17. The monoisotopic (exact) mass is 455 g/mol. The van der Waals surface area contributed by atoms with E-state index in [4.69, 9.17) is 12.2 Å². The molecule has 0 spiro atoms. The van der Waals surface area contributed by atoms with Gasteiger partial charge in [-0.25, -0.2) is 23.1 Å². The molecule has 8 nitrogen and oxygen atoms in total. The van der Waals surface area contributed by atoms with Gasteiger partial charge in [0.05, 0.1) is 4.90 Å². The minimum atomic E-state index is -3.86. The maximum Gasteiger partial charge on any atom is 0.264 e. The first-order valence-corrected chi connectivity index (χ1v) is 11.2. The fourth-order valence-corrected chi connectivity index (χ4v) is 3.87. The van der Waals surface area contributed by atoms with Crippen LogP contribution in [0.3, 0.4) is 0 Å². The molecule has 0 saturated heterocycles. The number of aromatic nitrogens is 2. The molecule has 1 heterocycles. The Morgan fingerprint density at radius 2 is 1.48 bits per heavy atom. The number of amides is 1. The molecule has 0 aliphatic rings. The van der Waals surface area contributed by atoms with Crippen molar-refractivity contribution in [2.75, 3.05) is 10.0 Å². The van der Waals surface area contributed by atoms with Crippen LogP contribution in [0.5, 0.6) is 0 Å². The Hall–Kier alpha value is -3.37. The first kappa shape index (κ1) is 22.3. The number of anilines is 2. The fraction of sp³-hybridized carbons (Fsp3) is 0.143. The van der Waals surface area contributed by atoms with Gasteiger partial charge in [-0.1, -0.05) is 17.7 Å². The zero-order valence-electron chi connectivity index (χ0n) is 17.1. The lowest BCUT2D eigenvalue weighted by Crippen LogP contribution is -2.34. The van der Waals surface area contributed by atoms with Crippen molar-refractivity contribution in [3.8, 4) is 0 Å². The van der Waals surface area contributed by atoms with Crippen LogP contribution in [0.4, 0.5) is 11.6 Å². The second kappa shape index (κ2) is 9.19. The van der Waals surface area contributed by atoms with E-state index in [0.717, 1.165) is 5.56 Å². The molecular weight excluding hydrogens is 434 g/mol. The van der Waals surface area contributed by atoms with Crippen LogP contribution in [0, 0.1) is 20.8 Å². The highest BCUT2D eigenvalue weighted by atomic mass is 32.2. The molecule has 0 radical (unpaired) electrons. The summed E-state index contributed by atoms with van der Waals surface area (Å²) in [5.41, 5.74) is 3.37. The second-order valence-electron chi connectivity index (χ2n) is 6.88. The van der Waals surface area contributed by atoms with Gasteiger partial charge in [-0.3, -0.25) is 10.1 Å². The van der Waals surface area contributed by atoms with Crippen LogP contribution in [-0.4, -0.2) is 29.4 Å². The van der Waals surface area contributed by atoms with Gasteiger partial charge < -0.3 is 5.32 Å². The van der Waals surface area contributed by atoms with Crippen molar-refractivity contribution in [1.82, 2.24) is 15.3 Å². The molecule has 0 unspecified atom stereocenters. The van der Waals surface area contributed by atoms with E-state index in [9.17, 15) is 13.2 Å². The average molecular weight is 456 g/mol. The van der Waals surface area contributed by atoms with E-state index < -0.39 is 10.0 Å². The number of hydrogen-bond acceptors (Lipinski definition) is 6. The summed E-state index contributed by atoms with van der Waals surface area (Å²) in [6, 6.07) is 14.7. The van der Waals surface area contributed by atoms with E-state index in [1.54, 1.807) is 44.2 Å². The first-order valence-electron chi connectivity index (χ1n) is 9.26. The summed E-state index contributed by atoms with van der Waals surface area (Å²) in [5, 5.41) is 5.54. The van der Waals surface area contributed by atoms with Crippen molar-refractivity contribution in [3.05, 3.63) is 77.1 Å². The summed E-state index contributed by atoms with van der Waals surface area (Å²) < 4.78 is 27.6. The standard InChI is InChI=1S/C21H21N5O3S2/c1-13-4-6-16(7-5-13)19(27)25-21(30)24-17-8-10-18(11-9-17)31(28,29)26-20-22-14(2)12-15(3)23-20/h4-12H,1-3H3,(H,22,23,26)(H2,24,25,27,30). The number of sulfonamides is 1. The maximum absolute atomic E-state index is 12.6. The van der Waals surface area contributed by atoms with Crippen molar-refractivity contribution < 1.29 is 13.2 Å². The van der Waals surface area contributed by atoms with Gasteiger partial charge in [0.25, 0.3) is 15.9 Å². The first-order chi connectivity index (χ1) is 14.6. The van der Waals surface area contributed by atoms with Crippen LogP contribution in [-0.2, 0) is 10.0 Å². The van der Waals surface area contributed by atoms with Crippen molar-refractivity contribution in [2.45, 2.75) is 25.7 Å². The van der Waals surface area contributed by atoms with Crippen LogP contribution in [0.15, 0.2) is 59.5 Å². The van der Waals surface area contributed by atoms with Crippen molar-refractivity contribution >= 4 is 44.9 Å². The van der Waals surface area contributed by atoms with E-state index in [0.29, 0.717) is 22.6 Å². The summed E-state index contributed by atoms with van der Waals surface area (Å²) in [6.45, 7) is 5.45. The molecule has 3 N–H and O–H groups in total. The van der Waals surface area contributed by atoms with Crippen LogP contribution in [0.1, 0.15) is 27.3 Å². The molecule has 10 heteroatoms. The Bertz CT molecular complexity index is 1200. The molecule has 1 amide bonds. The molecule has 3 rings (SSSR count). The zero-order valence-corrected chi connectivity index (χ0v) is 18.8. The van der Waals surface area contributed by atoms with Gasteiger partial charge in [-0.2, -0.15) is 0 Å². The molecule has 1 aromatic heterocycles. The average Bonchev–Trinajstić information content (AvgIpc) is 2.67. The Balaban J connectivity index is 1.64. The second-order valence-corrected chi connectivity index (χ2v) is 8.97. The molecular formula is C21H21N5O3S2. The van der Waals surface area contributed by atoms with E-state index in [2.05, 4.69) is 25.3 Å². The predicted octanol–water partition coefficient (Wildman–Crippen LogP) is 3.33. The topological polar surface area (TPSA) is 113 Å². The van der Waals surface area contributed by atoms with E-state index in [-0.39, 0.29) is 21.9 Å². The predicted molar refractivity (Wildman–Crippen MR) is 124 cm³/mol. The Morgan fingerprint density at radius 1 is 0.903 bits per heavy atom. The quantitative estimate of drug-likeness (QED) is 0.506. The molecule has 3 aromatic rings. The smallest absolute Gasteiger partial charge is 0.264 e. The summed E-state index contributed by atoms with van der Waals surface area (Å²) in [7, 11) is -3.86. The molecule has 0 aliphatic carbocycles. The van der Waals surface area contributed by atoms with Crippen LogP contribution >= 0.6 is 12.2 Å². The van der Waals surface area contributed by atoms with Crippen LogP contribution in [0.2, 0.25) is 0 Å². The van der Waals surface area contributed by atoms with Crippen molar-refractivity contribution in [1.29, 1.82) is 0 Å². The molecule has 0 fully saturated rings. The van der Waals surface area contributed by atoms with Gasteiger partial charge in [0.1, 0.15) is 0 Å². The minimum Gasteiger partial charge on any atom is -0.332 e. The third kappa shape index (κ3) is 6.06. The largest absolute Gasteiger partial charge is 0.332 e. The molecule has 31 heavy (non-hydrogen) atoms. The number of carbonyl (C=O) groups excluding carboxylic acids is 1. The molecule has 0 bridgehead atoms. The van der Waals surface area contributed by atoms with Crippen molar-refractivity contribution in [3.63, 3.8) is 0 Å². The van der Waals surface area contributed by atoms with Gasteiger partial charge in [-0.15, -0.1) is 0 Å². The Kier molecular flexibility index (Phi) is 6.62. The SMILES string of the molecule is Cc1ccc(C(=O)NC(=S)Nc2ccc(S(=O)(=O)Nc3nc(C)cc(C)n3)cc2)cc1. The summed E-state index contributed by atoms with van der Waals surface area (Å²) in [4.78, 5) is 20.4. The fourth-order valence-electron chi connectivity index (χ4n) is 2.71. The lowest BCUT2D eigenvalue weighted by molar-refractivity contribution is 0.0977. The molecule has 0 aliphatic heterocycles. The molecule has 0 atom stereocenters. The number of thiocarbonyl (C=S) groups is 1. The number of aryl methyl sites for hydroxylation is 3. The van der Waals surface area contributed by atoms with Gasteiger partial charge in [0.15, 0.2) is 5.11 Å². The highest BCUT2D eigenvalue weighted by Crippen LogP contribution is 2.17. The van der Waals surface area contributed by atoms with E-state index in [1.165, 1.54) is 12.1 Å². The summed E-state index contributed by atoms with van der Waals surface area (Å²) in [6.07, 6.45) is 0. The summed E-state index contributed by atoms with van der Waals surface area (Å²) in [5.74, 6) is -0.325. The Morgan fingerprint density at radius 3 is 2.06 bits per heavy atom. The van der Waals surface area contributed by atoms with Gasteiger partial charge in [-0.05, 0) is 75.5 Å². The van der Waals surface area contributed by atoms with E-state index in [1.807, 2.05) is 19.1 Å².